The van der Waals surface area contributed by atoms with Crippen molar-refractivity contribution in [2.24, 2.45) is 0 Å². The molecule has 6 nitrogen and oxygen atoms in total. The first-order valence-corrected chi connectivity index (χ1v) is 6.24. The van der Waals surface area contributed by atoms with Gasteiger partial charge in [-0.05, 0) is 33.3 Å². The molecule has 0 aromatic carbocycles. The molecule has 1 aromatic heterocycles. The molecule has 0 radical (unpaired) electrons. The van der Waals surface area contributed by atoms with Gasteiger partial charge in [0.1, 0.15) is 21.5 Å². The van der Waals surface area contributed by atoms with Crippen molar-refractivity contribution in [3.63, 3.8) is 0 Å². The Morgan fingerprint density at radius 1 is 1.42 bits per heavy atom. The third-order valence-electron chi connectivity index (χ3n) is 2.07. The molecule has 2 N–H and O–H groups in total. The molecule has 0 fully saturated rings. The van der Waals surface area contributed by atoms with Crippen molar-refractivity contribution < 1.29 is 19.4 Å². The number of rotatable bonds is 2. The summed E-state index contributed by atoms with van der Waals surface area (Å²) in [4.78, 5) is 22.6. The summed E-state index contributed by atoms with van der Waals surface area (Å²) in [6.45, 7) is 6.65. The van der Waals surface area contributed by atoms with Crippen molar-refractivity contribution >= 4 is 28.4 Å². The average Bonchev–Trinajstić information content (AvgIpc) is 2.52. The number of thiophene rings is 1. The number of carbonyl (C=O) groups is 2. The quantitative estimate of drug-likeness (QED) is 0.868. The van der Waals surface area contributed by atoms with Gasteiger partial charge < -0.3 is 9.84 Å². The van der Waals surface area contributed by atoms with E-state index in [1.807, 2.05) is 6.07 Å². The van der Waals surface area contributed by atoms with Crippen LogP contribution in [0.1, 0.15) is 41.6 Å². The molecular formula is C12H14N2O4S. The fourth-order valence-electron chi connectivity index (χ4n) is 1.34. The Morgan fingerprint density at radius 2 is 2.00 bits per heavy atom. The molecule has 1 aromatic rings. The molecule has 19 heavy (non-hydrogen) atoms. The summed E-state index contributed by atoms with van der Waals surface area (Å²) in [5.74, 6) is -1.13. The van der Waals surface area contributed by atoms with Crippen LogP contribution >= 0.6 is 11.3 Å². The van der Waals surface area contributed by atoms with Crippen molar-refractivity contribution in [3.8, 4) is 6.07 Å². The molecule has 1 rings (SSSR count). The van der Waals surface area contributed by atoms with E-state index in [0.29, 0.717) is 5.56 Å². The van der Waals surface area contributed by atoms with Crippen LogP contribution in [0.5, 0.6) is 0 Å². The number of nitrogens with one attached hydrogen (secondary N) is 1. The van der Waals surface area contributed by atoms with Crippen LogP contribution in [-0.2, 0) is 4.74 Å². The van der Waals surface area contributed by atoms with Gasteiger partial charge in [-0.3, -0.25) is 5.32 Å². The summed E-state index contributed by atoms with van der Waals surface area (Å²) >= 11 is 0.839. The number of carboxylic acids is 1. The Morgan fingerprint density at radius 3 is 2.42 bits per heavy atom. The largest absolute Gasteiger partial charge is 0.477 e. The highest BCUT2D eigenvalue weighted by Gasteiger charge is 2.23. The van der Waals surface area contributed by atoms with E-state index in [1.165, 1.54) is 6.92 Å². The van der Waals surface area contributed by atoms with Gasteiger partial charge in [-0.1, -0.05) is 0 Å². The van der Waals surface area contributed by atoms with Gasteiger partial charge in [0, 0.05) is 0 Å². The standard InChI is InChI=1S/C12H14N2O4S/c1-6-7(5-13)9(19-8(6)10(15)16)14-11(17)18-12(2,3)4/h1-4H3,(H,14,17)(H,15,16). The van der Waals surface area contributed by atoms with Crippen LogP contribution in [-0.4, -0.2) is 22.8 Å². The van der Waals surface area contributed by atoms with Gasteiger partial charge in [0.25, 0.3) is 0 Å². The zero-order valence-electron chi connectivity index (χ0n) is 11.0. The van der Waals surface area contributed by atoms with E-state index >= 15 is 0 Å². The van der Waals surface area contributed by atoms with Crippen molar-refractivity contribution in [3.05, 3.63) is 16.0 Å². The predicted molar refractivity (Wildman–Crippen MR) is 70.6 cm³/mol. The number of aromatic carboxylic acids is 1. The molecule has 7 heteroatoms. The van der Waals surface area contributed by atoms with Gasteiger partial charge in [0.2, 0.25) is 0 Å². The van der Waals surface area contributed by atoms with E-state index in [9.17, 15) is 9.59 Å². The Kier molecular flexibility index (Phi) is 4.17. The molecular weight excluding hydrogens is 268 g/mol. The summed E-state index contributed by atoms with van der Waals surface area (Å²) in [6, 6.07) is 1.88. The van der Waals surface area contributed by atoms with Crippen LogP contribution in [0.15, 0.2) is 0 Å². The van der Waals surface area contributed by atoms with Crippen LogP contribution < -0.4 is 5.32 Å². The zero-order valence-corrected chi connectivity index (χ0v) is 11.8. The number of nitriles is 1. The number of nitrogens with zero attached hydrogens (tertiary/aromatic N) is 1. The van der Waals surface area contributed by atoms with Gasteiger partial charge >= 0.3 is 12.1 Å². The van der Waals surface area contributed by atoms with E-state index in [2.05, 4.69) is 5.32 Å². The lowest BCUT2D eigenvalue weighted by Gasteiger charge is -2.19. The van der Waals surface area contributed by atoms with Crippen LogP contribution in [0, 0.1) is 18.3 Å². The number of carbonyl (C=O) groups excluding carboxylic acids is 1. The highest BCUT2D eigenvalue weighted by molar-refractivity contribution is 7.18. The topological polar surface area (TPSA) is 99.4 Å². The minimum Gasteiger partial charge on any atom is -0.477 e. The highest BCUT2D eigenvalue weighted by atomic mass is 32.1. The van der Waals surface area contributed by atoms with E-state index in [1.54, 1.807) is 20.8 Å². The Labute approximate surface area is 114 Å². The zero-order chi connectivity index (χ0) is 14.8. The second kappa shape index (κ2) is 5.28. The van der Waals surface area contributed by atoms with Crippen molar-refractivity contribution in [1.82, 2.24) is 0 Å². The summed E-state index contributed by atoms with van der Waals surface area (Å²) in [5.41, 5.74) is -0.182. The molecule has 0 saturated heterocycles. The predicted octanol–water partition coefficient (Wildman–Crippen LogP) is 2.97. The first-order chi connectivity index (χ1) is 8.65. The highest BCUT2D eigenvalue weighted by Crippen LogP contribution is 2.32. The lowest BCUT2D eigenvalue weighted by Crippen LogP contribution is -2.27. The third kappa shape index (κ3) is 3.69. The van der Waals surface area contributed by atoms with Crippen molar-refractivity contribution in [1.29, 1.82) is 5.26 Å². The molecule has 0 bridgehead atoms. The Bertz CT molecular complexity index is 564. The van der Waals surface area contributed by atoms with E-state index < -0.39 is 17.7 Å². The van der Waals surface area contributed by atoms with Crippen LogP contribution in [0.2, 0.25) is 0 Å². The number of carboxylic acid groups (broad SMARTS) is 1. The summed E-state index contributed by atoms with van der Waals surface area (Å²) in [6.07, 6.45) is -0.720. The molecule has 0 spiro atoms. The molecule has 0 aliphatic rings. The SMILES string of the molecule is Cc1c(C(=O)O)sc(NC(=O)OC(C)(C)C)c1C#N. The van der Waals surface area contributed by atoms with E-state index in [-0.39, 0.29) is 15.4 Å². The number of anilines is 1. The number of amides is 1. The number of ether oxygens (including phenoxy) is 1. The van der Waals surface area contributed by atoms with Gasteiger partial charge in [-0.15, -0.1) is 11.3 Å². The lowest BCUT2D eigenvalue weighted by molar-refractivity contribution is 0.0634. The average molecular weight is 282 g/mol. The summed E-state index contributed by atoms with van der Waals surface area (Å²) in [7, 11) is 0. The second-order valence-corrected chi connectivity index (χ2v) is 5.82. The first kappa shape index (κ1) is 15.0. The van der Waals surface area contributed by atoms with Crippen LogP contribution in [0.3, 0.4) is 0 Å². The summed E-state index contributed by atoms with van der Waals surface area (Å²) in [5, 5.41) is 20.6. The maximum Gasteiger partial charge on any atom is 0.412 e. The van der Waals surface area contributed by atoms with Gasteiger partial charge in [0.05, 0.1) is 5.56 Å². The number of hydrogen-bond acceptors (Lipinski definition) is 5. The maximum atomic E-state index is 11.6. The molecule has 0 saturated carbocycles. The molecule has 0 aliphatic heterocycles. The minimum absolute atomic E-state index is 0.0302. The minimum atomic E-state index is -1.13. The third-order valence-corrected chi connectivity index (χ3v) is 3.26. The fraction of sp³-hybridized carbons (Fsp3) is 0.417. The van der Waals surface area contributed by atoms with Crippen molar-refractivity contribution in [2.45, 2.75) is 33.3 Å². The van der Waals surface area contributed by atoms with Gasteiger partial charge in [-0.25, -0.2) is 9.59 Å². The van der Waals surface area contributed by atoms with Crippen LogP contribution in [0.4, 0.5) is 9.80 Å². The van der Waals surface area contributed by atoms with E-state index in [0.717, 1.165) is 11.3 Å². The van der Waals surface area contributed by atoms with E-state index in [4.69, 9.17) is 15.1 Å². The normalized spacial score (nSPS) is 10.7. The summed E-state index contributed by atoms with van der Waals surface area (Å²) < 4.78 is 5.05. The number of hydrogen-bond donors (Lipinski definition) is 2. The van der Waals surface area contributed by atoms with Gasteiger partial charge in [0.15, 0.2) is 0 Å². The molecule has 0 aliphatic carbocycles. The Hall–Kier alpha value is -2.07. The molecule has 0 unspecified atom stereocenters. The molecule has 0 atom stereocenters. The maximum absolute atomic E-state index is 11.6. The molecule has 1 amide bonds. The molecule has 1 heterocycles. The second-order valence-electron chi connectivity index (χ2n) is 4.80. The van der Waals surface area contributed by atoms with Crippen molar-refractivity contribution in [2.75, 3.05) is 5.32 Å². The van der Waals surface area contributed by atoms with Crippen LogP contribution in [0.25, 0.3) is 0 Å². The smallest absolute Gasteiger partial charge is 0.412 e. The lowest BCUT2D eigenvalue weighted by atomic mass is 10.2. The first-order valence-electron chi connectivity index (χ1n) is 5.42. The van der Waals surface area contributed by atoms with Gasteiger partial charge in [-0.2, -0.15) is 5.26 Å². The monoisotopic (exact) mass is 282 g/mol. The fourth-order valence-corrected chi connectivity index (χ4v) is 2.32. The Balaban J connectivity index is 3.03. The molecule has 102 valence electrons.